The number of anilines is 12. The number of likely N-dealkylation sites (tertiary alicyclic amines) is 1. The second-order valence-electron chi connectivity index (χ2n) is 35.8. The molecule has 0 bridgehead atoms. The molecule has 3 atom stereocenters. The topological polar surface area (TPSA) is 419 Å². The van der Waals surface area contributed by atoms with E-state index in [0.29, 0.717) is 132 Å². The molecule has 6 aliphatic rings. The van der Waals surface area contributed by atoms with Crippen LogP contribution in [0.25, 0.3) is 0 Å². The number of ether oxygens (including phenoxy) is 3. The number of amides is 1. The fourth-order valence-corrected chi connectivity index (χ4v) is 17.6. The first-order valence-electron chi connectivity index (χ1n) is 48.2. The van der Waals surface area contributed by atoms with E-state index in [0.717, 1.165) is 125 Å². The number of nitrogens with zero attached hydrogens (tertiary/aromatic N) is 18. The van der Waals surface area contributed by atoms with Gasteiger partial charge in [0, 0.05) is 157 Å². The zero-order chi connectivity index (χ0) is 100. The summed E-state index contributed by atoms with van der Waals surface area (Å²) in [5, 5.41) is 29.1. The number of aromatic amines is 1. The number of halogens is 3. The second-order valence-corrected chi connectivity index (χ2v) is 35.8. The van der Waals surface area contributed by atoms with E-state index < -0.39 is 41.6 Å². The monoisotopic (exact) mass is 1960 g/mol. The van der Waals surface area contributed by atoms with Crippen LogP contribution < -0.4 is 53.4 Å². The third kappa shape index (κ3) is 28.8. The predicted molar refractivity (Wildman–Crippen MR) is 552 cm³/mol. The first kappa shape index (κ1) is 100. The smallest absolute Gasteiger partial charge is 0.328 e. The molecule has 0 saturated carbocycles. The van der Waals surface area contributed by atoms with Gasteiger partial charge in [-0.2, -0.15) is 44.9 Å². The van der Waals surface area contributed by atoms with Crippen LogP contribution in [0, 0.1) is 17.5 Å². The summed E-state index contributed by atoms with van der Waals surface area (Å²) >= 11 is 0. The van der Waals surface area contributed by atoms with E-state index in [1.165, 1.54) is 101 Å². The molecule has 9 aromatic carbocycles. The van der Waals surface area contributed by atoms with Crippen molar-refractivity contribution in [2.45, 2.75) is 95.5 Å². The fourth-order valence-electron chi connectivity index (χ4n) is 17.6. The lowest BCUT2D eigenvalue weighted by Gasteiger charge is -2.34. The van der Waals surface area contributed by atoms with Crippen molar-refractivity contribution in [2.75, 3.05) is 161 Å². The van der Waals surface area contributed by atoms with Gasteiger partial charge < -0.3 is 76.8 Å². The Bertz CT molecular complexity index is 6850. The fraction of sp³-hybridized carbons (Fsp3) is 0.302. The molecule has 0 radical (unpaired) electrons. The van der Waals surface area contributed by atoms with Gasteiger partial charge in [-0.25, -0.2) is 32.5 Å². The molecule has 6 aliphatic heterocycles. The van der Waals surface area contributed by atoms with Crippen LogP contribution in [0.4, 0.5) is 101 Å². The van der Waals surface area contributed by atoms with Gasteiger partial charge in [0.05, 0.1) is 58.0 Å². The van der Waals surface area contributed by atoms with E-state index in [1.54, 1.807) is 23.1 Å². The lowest BCUT2D eigenvalue weighted by atomic mass is 10.1. The standard InChI is InChI=1S/C38H38FN11O4.C34H38FN9O2.C34H37FN8O2/c1-54-35(53)31(19-24-6-3-2-4-7-24)45-38-47-36(42-22-29-20-26-10-11-27(39)21-30(26)43-29)46-37(48-38)44-28-9-5-8-25(18-28)23-49-14-16-50(17-15-49)34(52)32-33(51)41-13-12-40-32;1-43-13-15-44(16-14-43)22-24-9-6-10-27(17-24)38-33-40-32(36-21-28-19-25-11-12-26(35)20-29(25)37-28)41-34(42-33)39-30(31(45)46-2)18-23-7-4-3-5-8-23;1-45-31(44)30(18-23-9-4-2-5-10-23)39-34-41-32(36-21-28-19-25-13-14-26(35)20-29(25)37-28)40-33(42-34)38-27-12-8-11-24(17-27)22-43-15-6-3-7-16-43/h2-13,18,21,31H,14-17,19-20,22-23H2,1H3,(H,41,51)(H3,42,44,45,46,47,48);3-12,17,20,30H,13-16,18-19,21-22H2,1-2H3,(H3,36,38,39,40,41,42);2,4-5,8-14,17,20,30H,3,6-7,15-16,18-19,21-22H2,1H3,(H3,36,38,39,40,41,42)/t31-;2*30-/m000/s1. The summed E-state index contributed by atoms with van der Waals surface area (Å²) in [5.41, 5.74) is 15.3. The highest BCUT2D eigenvalue weighted by atomic mass is 19.1. The number of likely N-dealkylation sites (N-methyl/N-ethyl adjacent to an activating group) is 1. The Morgan fingerprint density at radius 1 is 0.366 bits per heavy atom. The number of methoxy groups -OCH3 is 3. The Balaban J connectivity index is 0.000000150. The van der Waals surface area contributed by atoms with Gasteiger partial charge >= 0.3 is 17.9 Å². The van der Waals surface area contributed by atoms with E-state index in [1.807, 2.05) is 140 Å². The molecular formula is C106H113F3N28O8. The quantitative estimate of drug-likeness (QED) is 0.0128. The van der Waals surface area contributed by atoms with Crippen LogP contribution >= 0.6 is 0 Å². The van der Waals surface area contributed by atoms with Crippen LogP contribution in [0.5, 0.6) is 0 Å². The van der Waals surface area contributed by atoms with Gasteiger partial charge in [-0.3, -0.25) is 39.3 Å². The summed E-state index contributed by atoms with van der Waals surface area (Å²) < 4.78 is 56.5. The van der Waals surface area contributed by atoms with Gasteiger partial charge in [-0.05, 0) is 156 Å². The number of piperazine rings is 2. The SMILES string of the molecule is COC(=O)[C@H](Cc1ccccc1)Nc1nc(NCC2=Nc3cc(F)ccc3C2)nc(Nc2cccc(CN3CCCCC3)c2)n1.COC(=O)[C@H](Cc1ccccc1)Nc1nc(NCC2=Nc3cc(F)ccc3C2)nc(Nc2cccc(CN3CCN(C(=O)c4ncc[nH]c4=O)CC3)c2)n1.COC(=O)[C@H](Cc1ccccc1)Nc1nc(NCC2=Nc3cc(F)ccc3C2)nc(Nc2cccc(CN3CCN(C)CC3)c2)n1. The highest BCUT2D eigenvalue weighted by molar-refractivity contribution is 5.98. The molecule has 36 nitrogen and oxygen atoms in total. The number of esters is 3. The number of H-pyrrole nitrogens is 1. The van der Waals surface area contributed by atoms with Crippen molar-refractivity contribution in [1.82, 2.24) is 79.3 Å². The van der Waals surface area contributed by atoms with Gasteiger partial charge in [0.25, 0.3) is 11.5 Å². The molecule has 13 aromatic rings. The van der Waals surface area contributed by atoms with Crippen LogP contribution in [-0.4, -0.2) is 252 Å². The van der Waals surface area contributed by atoms with Crippen molar-refractivity contribution in [3.63, 3.8) is 0 Å². The van der Waals surface area contributed by atoms with Crippen molar-refractivity contribution >= 4 is 129 Å². The number of hydrogen-bond acceptors (Lipinski definition) is 34. The Labute approximate surface area is 836 Å². The molecule has 746 valence electrons. The number of aliphatic imine (C=N–C) groups is 3. The summed E-state index contributed by atoms with van der Waals surface area (Å²) in [5.74, 6) is -0.450. The van der Waals surface area contributed by atoms with E-state index in [-0.39, 0.29) is 58.8 Å². The largest absolute Gasteiger partial charge is 0.467 e. The first-order valence-corrected chi connectivity index (χ1v) is 48.2. The van der Waals surface area contributed by atoms with Crippen LogP contribution in [0.2, 0.25) is 0 Å². The van der Waals surface area contributed by atoms with Crippen molar-refractivity contribution < 1.29 is 46.6 Å². The Morgan fingerprint density at radius 3 is 1.03 bits per heavy atom. The van der Waals surface area contributed by atoms with Crippen LogP contribution in [0.1, 0.15) is 79.8 Å². The highest BCUT2D eigenvalue weighted by Gasteiger charge is 2.31. The molecule has 19 rings (SSSR count). The minimum atomic E-state index is -0.784. The maximum absolute atomic E-state index is 13.8. The summed E-state index contributed by atoms with van der Waals surface area (Å²) in [6, 6.07) is 64.8. The Hall–Kier alpha value is -16.4. The normalized spacial score (nSPS) is 15.0. The van der Waals surface area contributed by atoms with E-state index >= 15 is 0 Å². The van der Waals surface area contributed by atoms with Gasteiger partial charge in [0.15, 0.2) is 5.69 Å². The van der Waals surface area contributed by atoms with Gasteiger partial charge in [0.1, 0.15) is 35.6 Å². The average molecular weight is 1960 g/mol. The number of carbonyl (C=O) groups excluding carboxylic acids is 4. The van der Waals surface area contributed by atoms with Crippen molar-refractivity contribution in [3.05, 3.63) is 314 Å². The molecule has 3 fully saturated rings. The number of aromatic nitrogens is 11. The van der Waals surface area contributed by atoms with Crippen LogP contribution in [-0.2, 0) is 86.8 Å². The number of benzene rings is 9. The molecular weight excluding hydrogens is 1850 g/mol. The molecule has 4 aromatic heterocycles. The first-order chi connectivity index (χ1) is 70.7. The number of rotatable bonds is 37. The maximum atomic E-state index is 13.8. The molecule has 0 spiro atoms. The average Bonchev–Trinajstić information content (AvgIpc) is 1.09. The Morgan fingerprint density at radius 2 is 0.690 bits per heavy atom. The molecule has 0 unspecified atom stereocenters. The van der Waals surface area contributed by atoms with Crippen LogP contribution in [0.3, 0.4) is 0 Å². The lowest BCUT2D eigenvalue weighted by molar-refractivity contribution is -0.142. The third-order valence-corrected chi connectivity index (χ3v) is 25.0. The number of hydrogen-bond donors (Lipinski definition) is 10. The van der Waals surface area contributed by atoms with E-state index in [2.05, 4.69) is 169 Å². The van der Waals surface area contributed by atoms with Crippen molar-refractivity contribution in [2.24, 2.45) is 15.0 Å². The molecule has 0 aliphatic carbocycles. The summed E-state index contributed by atoms with van der Waals surface area (Å²) in [4.78, 5) is 136. The second kappa shape index (κ2) is 48.9. The summed E-state index contributed by atoms with van der Waals surface area (Å²) in [7, 11) is 6.20. The number of piperidine rings is 1. The number of nitrogens with one attached hydrogen (secondary N) is 10. The molecule has 39 heteroatoms. The molecule has 145 heavy (non-hydrogen) atoms. The minimum Gasteiger partial charge on any atom is -0.467 e. The predicted octanol–water partition coefficient (Wildman–Crippen LogP) is 13.8. The van der Waals surface area contributed by atoms with Gasteiger partial charge in [-0.15, -0.1) is 0 Å². The lowest BCUT2D eigenvalue weighted by Crippen LogP contribution is -2.49. The molecule has 10 N–H and O–H groups in total. The number of carbonyl (C=O) groups is 4. The molecule has 10 heterocycles. The maximum Gasteiger partial charge on any atom is 0.328 e. The van der Waals surface area contributed by atoms with Crippen LogP contribution in [0.15, 0.2) is 251 Å². The minimum absolute atomic E-state index is 0.105. The molecule has 3 saturated heterocycles. The molecule has 1 amide bonds. The zero-order valence-electron chi connectivity index (χ0n) is 80.8. The zero-order valence-corrected chi connectivity index (χ0v) is 80.8. The summed E-state index contributed by atoms with van der Waals surface area (Å²) in [6.45, 7) is 12.0. The van der Waals surface area contributed by atoms with Crippen molar-refractivity contribution in [3.8, 4) is 0 Å². The van der Waals surface area contributed by atoms with Crippen molar-refractivity contribution in [1.29, 1.82) is 0 Å². The van der Waals surface area contributed by atoms with E-state index in [9.17, 15) is 37.1 Å². The van der Waals surface area contributed by atoms with Gasteiger partial charge in [0.2, 0.25) is 53.5 Å². The Kier molecular flexibility index (Phi) is 33.7. The van der Waals surface area contributed by atoms with Gasteiger partial charge in [-0.1, -0.05) is 152 Å². The third-order valence-electron chi connectivity index (χ3n) is 25.0. The van der Waals surface area contributed by atoms with E-state index in [4.69, 9.17) is 14.2 Å². The number of fused-ring (bicyclic) bond motifs is 3. The highest BCUT2D eigenvalue weighted by Crippen LogP contribution is 2.33. The summed E-state index contributed by atoms with van der Waals surface area (Å²) in [6.07, 6.45) is 9.44.